The number of halogens is 1. The van der Waals surface area contributed by atoms with E-state index in [0.717, 1.165) is 35.4 Å². The van der Waals surface area contributed by atoms with Gasteiger partial charge in [-0.3, -0.25) is 4.79 Å². The molecule has 1 aliphatic heterocycles. The van der Waals surface area contributed by atoms with E-state index in [0.29, 0.717) is 11.8 Å². The van der Waals surface area contributed by atoms with Crippen LogP contribution in [0, 0.1) is 6.92 Å². The minimum Gasteiger partial charge on any atom is -0.311 e. The molecule has 118 valence electrons. The Balaban J connectivity index is 1.80. The van der Waals surface area contributed by atoms with Crippen molar-refractivity contribution in [2.75, 3.05) is 16.8 Å². The molecule has 2 aliphatic rings. The van der Waals surface area contributed by atoms with Crippen LogP contribution in [0.15, 0.2) is 22.9 Å². The molecule has 1 N–H and O–H groups in total. The number of rotatable bonds is 2. The summed E-state index contributed by atoms with van der Waals surface area (Å²) >= 11 is 3.44. The first-order valence-corrected chi connectivity index (χ1v) is 8.33. The van der Waals surface area contributed by atoms with Gasteiger partial charge in [0.15, 0.2) is 0 Å². The van der Waals surface area contributed by atoms with E-state index in [1.54, 1.807) is 0 Å². The lowest BCUT2D eigenvalue weighted by molar-refractivity contribution is -0.114. The van der Waals surface area contributed by atoms with Crippen LogP contribution in [0.2, 0.25) is 0 Å². The van der Waals surface area contributed by atoms with Gasteiger partial charge in [-0.05, 0) is 41.8 Å². The van der Waals surface area contributed by atoms with E-state index in [-0.39, 0.29) is 11.3 Å². The molecule has 0 radical (unpaired) electrons. The Morgan fingerprint density at radius 2 is 2.13 bits per heavy atom. The standard InChI is InChI=1S/C16H16BrN5O/c1-9-5-13(17)21-15(19-9)22-8-16(3-4-16)11-7-18-14(6-12(11)22)20-10(2)23/h5-7H,3-4,8H2,1-2H3,(H,18,20,23). The average molecular weight is 374 g/mol. The molecule has 1 saturated carbocycles. The first-order chi connectivity index (χ1) is 11.0. The van der Waals surface area contributed by atoms with Gasteiger partial charge < -0.3 is 10.2 Å². The predicted molar refractivity (Wildman–Crippen MR) is 90.9 cm³/mol. The molecule has 2 aromatic heterocycles. The van der Waals surface area contributed by atoms with Crippen molar-refractivity contribution in [1.29, 1.82) is 0 Å². The number of amides is 1. The minimum atomic E-state index is -0.127. The van der Waals surface area contributed by atoms with Crippen molar-refractivity contribution in [1.82, 2.24) is 15.0 Å². The molecular formula is C16H16BrN5O. The van der Waals surface area contributed by atoms with E-state index >= 15 is 0 Å². The third kappa shape index (κ3) is 2.49. The van der Waals surface area contributed by atoms with Crippen LogP contribution in [0.1, 0.15) is 31.0 Å². The number of anilines is 3. The lowest BCUT2D eigenvalue weighted by atomic mass is 10.0. The summed E-state index contributed by atoms with van der Waals surface area (Å²) in [5, 5.41) is 2.75. The van der Waals surface area contributed by atoms with Crippen molar-refractivity contribution in [2.24, 2.45) is 0 Å². The molecule has 2 aromatic rings. The number of carbonyl (C=O) groups is 1. The molecule has 1 spiro atoms. The summed E-state index contributed by atoms with van der Waals surface area (Å²) in [6.07, 6.45) is 4.20. The molecule has 0 atom stereocenters. The maximum Gasteiger partial charge on any atom is 0.231 e. The molecule has 6 nitrogen and oxygen atoms in total. The van der Waals surface area contributed by atoms with Gasteiger partial charge in [-0.15, -0.1) is 0 Å². The molecule has 23 heavy (non-hydrogen) atoms. The van der Waals surface area contributed by atoms with Gasteiger partial charge in [0.25, 0.3) is 0 Å². The summed E-state index contributed by atoms with van der Waals surface area (Å²) in [5.74, 6) is 1.12. The van der Waals surface area contributed by atoms with Crippen LogP contribution in [0.3, 0.4) is 0 Å². The van der Waals surface area contributed by atoms with Crippen molar-refractivity contribution >= 4 is 39.3 Å². The third-order valence-corrected chi connectivity index (χ3v) is 4.82. The molecular weight excluding hydrogens is 358 g/mol. The summed E-state index contributed by atoms with van der Waals surface area (Å²) < 4.78 is 0.773. The van der Waals surface area contributed by atoms with Gasteiger partial charge in [-0.1, -0.05) is 0 Å². The van der Waals surface area contributed by atoms with Crippen LogP contribution in [0.5, 0.6) is 0 Å². The summed E-state index contributed by atoms with van der Waals surface area (Å²) in [5.41, 5.74) is 3.36. The van der Waals surface area contributed by atoms with Gasteiger partial charge >= 0.3 is 0 Å². The van der Waals surface area contributed by atoms with E-state index in [4.69, 9.17) is 0 Å². The molecule has 0 unspecified atom stereocenters. The summed E-state index contributed by atoms with van der Waals surface area (Å²) in [6, 6.07) is 3.81. The number of pyridine rings is 1. The van der Waals surface area contributed by atoms with Gasteiger partial charge in [0.2, 0.25) is 11.9 Å². The highest BCUT2D eigenvalue weighted by Gasteiger charge is 2.53. The van der Waals surface area contributed by atoms with Crippen molar-refractivity contribution in [3.05, 3.63) is 34.2 Å². The fourth-order valence-corrected chi connectivity index (χ4v) is 3.68. The zero-order valence-corrected chi connectivity index (χ0v) is 14.5. The second kappa shape index (κ2) is 4.99. The molecule has 0 aromatic carbocycles. The van der Waals surface area contributed by atoms with Crippen LogP contribution in [-0.4, -0.2) is 27.4 Å². The van der Waals surface area contributed by atoms with Crippen LogP contribution in [0.4, 0.5) is 17.5 Å². The SMILES string of the molecule is CC(=O)Nc1cc2c(cn1)C1(CC1)CN2c1nc(C)cc(Br)n1. The van der Waals surface area contributed by atoms with Gasteiger partial charge in [-0.2, -0.15) is 0 Å². The monoisotopic (exact) mass is 373 g/mol. The Morgan fingerprint density at radius 3 is 2.78 bits per heavy atom. The van der Waals surface area contributed by atoms with E-state index in [1.807, 2.05) is 25.3 Å². The fraction of sp³-hybridized carbons (Fsp3) is 0.375. The van der Waals surface area contributed by atoms with Gasteiger partial charge in [-0.25, -0.2) is 15.0 Å². The number of aromatic nitrogens is 3. The zero-order chi connectivity index (χ0) is 16.2. The Morgan fingerprint density at radius 1 is 1.35 bits per heavy atom. The molecule has 0 bridgehead atoms. The molecule has 0 saturated heterocycles. The molecule has 4 rings (SSSR count). The molecule has 7 heteroatoms. The summed E-state index contributed by atoms with van der Waals surface area (Å²) in [7, 11) is 0. The Bertz CT molecular complexity index is 798. The van der Waals surface area contributed by atoms with Crippen molar-refractivity contribution in [2.45, 2.75) is 32.1 Å². The largest absolute Gasteiger partial charge is 0.311 e. The number of aryl methyl sites for hydroxylation is 1. The quantitative estimate of drug-likeness (QED) is 0.818. The van der Waals surface area contributed by atoms with E-state index in [9.17, 15) is 4.79 Å². The lowest BCUT2D eigenvalue weighted by Gasteiger charge is -2.18. The minimum absolute atomic E-state index is 0.127. The zero-order valence-electron chi connectivity index (χ0n) is 12.9. The number of nitrogens with one attached hydrogen (secondary N) is 1. The highest BCUT2D eigenvalue weighted by atomic mass is 79.9. The molecule has 1 fully saturated rings. The first-order valence-electron chi connectivity index (χ1n) is 7.54. The number of nitrogens with zero attached hydrogens (tertiary/aromatic N) is 4. The Kier molecular flexibility index (Phi) is 3.16. The maximum atomic E-state index is 11.3. The number of carbonyl (C=O) groups excluding carboxylic acids is 1. The number of hydrogen-bond acceptors (Lipinski definition) is 5. The van der Waals surface area contributed by atoms with E-state index in [1.165, 1.54) is 12.5 Å². The molecule has 3 heterocycles. The van der Waals surface area contributed by atoms with Crippen LogP contribution < -0.4 is 10.2 Å². The topological polar surface area (TPSA) is 71.0 Å². The Hall–Kier alpha value is -2.02. The van der Waals surface area contributed by atoms with Crippen LogP contribution >= 0.6 is 15.9 Å². The Labute approximate surface area is 142 Å². The highest BCUT2D eigenvalue weighted by molar-refractivity contribution is 9.10. The number of fused-ring (bicyclic) bond motifs is 2. The molecule has 1 aliphatic carbocycles. The predicted octanol–water partition coefficient (Wildman–Crippen LogP) is 3.08. The summed E-state index contributed by atoms with van der Waals surface area (Å²) in [6.45, 7) is 4.30. The number of hydrogen-bond donors (Lipinski definition) is 1. The van der Waals surface area contributed by atoms with Crippen molar-refractivity contribution < 1.29 is 4.79 Å². The van der Waals surface area contributed by atoms with E-state index in [2.05, 4.69) is 41.1 Å². The second-order valence-electron chi connectivity index (χ2n) is 6.27. The van der Waals surface area contributed by atoms with Crippen LogP contribution in [-0.2, 0) is 10.2 Å². The second-order valence-corrected chi connectivity index (χ2v) is 7.08. The van der Waals surface area contributed by atoms with Crippen molar-refractivity contribution in [3.63, 3.8) is 0 Å². The fourth-order valence-electron chi connectivity index (χ4n) is 3.19. The van der Waals surface area contributed by atoms with Crippen LogP contribution in [0.25, 0.3) is 0 Å². The smallest absolute Gasteiger partial charge is 0.231 e. The normalized spacial score (nSPS) is 17.3. The van der Waals surface area contributed by atoms with Gasteiger partial charge in [0.05, 0.1) is 5.69 Å². The van der Waals surface area contributed by atoms with Gasteiger partial charge in [0, 0.05) is 42.4 Å². The average Bonchev–Trinajstić information content (AvgIpc) is 3.16. The van der Waals surface area contributed by atoms with E-state index < -0.39 is 0 Å². The van der Waals surface area contributed by atoms with Crippen molar-refractivity contribution in [3.8, 4) is 0 Å². The molecule has 1 amide bonds. The van der Waals surface area contributed by atoms with Gasteiger partial charge in [0.1, 0.15) is 10.4 Å². The summed E-state index contributed by atoms with van der Waals surface area (Å²) in [4.78, 5) is 26.9. The third-order valence-electron chi connectivity index (χ3n) is 4.42. The first kappa shape index (κ1) is 14.6. The highest BCUT2D eigenvalue weighted by Crippen LogP contribution is 2.57. The maximum absolute atomic E-state index is 11.3. The lowest BCUT2D eigenvalue weighted by Crippen LogP contribution is -2.21.